The molecule has 1 unspecified atom stereocenters. The number of aromatic nitrogens is 2. The van der Waals surface area contributed by atoms with Crippen LogP contribution in [0.25, 0.3) is 0 Å². The van der Waals surface area contributed by atoms with Crippen LogP contribution in [0.3, 0.4) is 0 Å². The molecule has 1 aliphatic rings. The smallest absolute Gasteiger partial charge is 0.358 e. The molecule has 0 aliphatic carbocycles. The highest BCUT2D eigenvalue weighted by Crippen LogP contribution is 2.33. The van der Waals surface area contributed by atoms with E-state index in [-0.39, 0.29) is 12.1 Å². The molecule has 0 spiro atoms. The second kappa shape index (κ2) is 10.2. The minimum atomic E-state index is -4.61. The van der Waals surface area contributed by atoms with E-state index >= 15 is 0 Å². The van der Waals surface area contributed by atoms with Crippen LogP contribution >= 0.6 is 0 Å². The van der Waals surface area contributed by atoms with Crippen molar-refractivity contribution in [2.75, 3.05) is 38.1 Å². The van der Waals surface area contributed by atoms with E-state index < -0.39 is 23.7 Å². The number of nitrogens with one attached hydrogen (secondary N) is 1. The lowest BCUT2D eigenvalue weighted by Gasteiger charge is -2.36. The quantitative estimate of drug-likeness (QED) is 0.592. The van der Waals surface area contributed by atoms with E-state index in [1.165, 1.54) is 28.7 Å². The second-order valence-corrected chi connectivity index (χ2v) is 8.24. The Kier molecular flexibility index (Phi) is 7.12. The van der Waals surface area contributed by atoms with Crippen molar-refractivity contribution in [2.24, 2.45) is 0 Å². The summed E-state index contributed by atoms with van der Waals surface area (Å²) in [7, 11) is 1.93. The van der Waals surface area contributed by atoms with Crippen molar-refractivity contribution in [1.82, 2.24) is 20.4 Å². The maximum atomic E-state index is 13.5. The number of hydrogen-bond donors (Lipinski definition) is 1. The fourth-order valence-corrected chi connectivity index (χ4v) is 4.06. The zero-order valence-electron chi connectivity index (χ0n) is 18.8. The SMILES string of the molecule is CN(CCc1ccccc1)c1ccc(C2CNCCN2C(=O)c2ccccc2C(F)(F)F)nn1. The predicted molar refractivity (Wildman–Crippen MR) is 124 cm³/mol. The molecule has 4 rings (SSSR count). The molecule has 178 valence electrons. The molecule has 6 nitrogen and oxygen atoms in total. The molecule has 1 aliphatic heterocycles. The molecule has 0 radical (unpaired) electrons. The molecule has 1 fully saturated rings. The molecule has 2 aromatic carbocycles. The van der Waals surface area contributed by atoms with Gasteiger partial charge in [-0.05, 0) is 36.2 Å². The summed E-state index contributed by atoms with van der Waals surface area (Å²) in [6.07, 6.45) is -3.75. The topological polar surface area (TPSA) is 61.4 Å². The van der Waals surface area contributed by atoms with Gasteiger partial charge in [0.2, 0.25) is 0 Å². The molecular formula is C25H26F3N5O. The Morgan fingerprint density at radius 1 is 1.06 bits per heavy atom. The third kappa shape index (κ3) is 5.36. The number of anilines is 1. The van der Waals surface area contributed by atoms with Crippen molar-refractivity contribution in [3.8, 4) is 0 Å². The van der Waals surface area contributed by atoms with E-state index in [9.17, 15) is 18.0 Å². The van der Waals surface area contributed by atoms with Crippen molar-refractivity contribution >= 4 is 11.7 Å². The summed E-state index contributed by atoms with van der Waals surface area (Å²) in [6.45, 7) is 1.90. The van der Waals surface area contributed by atoms with E-state index in [1.54, 1.807) is 6.07 Å². The molecule has 3 aromatic rings. The Morgan fingerprint density at radius 2 is 1.79 bits per heavy atom. The third-order valence-electron chi connectivity index (χ3n) is 5.95. The molecule has 34 heavy (non-hydrogen) atoms. The molecule has 1 amide bonds. The van der Waals surface area contributed by atoms with Crippen molar-refractivity contribution in [3.05, 3.63) is 89.1 Å². The van der Waals surface area contributed by atoms with E-state index in [0.29, 0.717) is 24.6 Å². The van der Waals surface area contributed by atoms with Gasteiger partial charge in [0, 0.05) is 33.2 Å². The number of carbonyl (C=O) groups excluding carboxylic acids is 1. The van der Waals surface area contributed by atoms with Gasteiger partial charge in [0.25, 0.3) is 5.91 Å². The number of amides is 1. The lowest BCUT2D eigenvalue weighted by atomic mass is 10.0. The van der Waals surface area contributed by atoms with Crippen LogP contribution in [0, 0.1) is 0 Å². The van der Waals surface area contributed by atoms with Gasteiger partial charge >= 0.3 is 6.18 Å². The highest BCUT2D eigenvalue weighted by atomic mass is 19.4. The van der Waals surface area contributed by atoms with Gasteiger partial charge in [-0.25, -0.2) is 0 Å². The Balaban J connectivity index is 1.50. The largest absolute Gasteiger partial charge is 0.417 e. The monoisotopic (exact) mass is 469 g/mol. The molecule has 1 atom stereocenters. The van der Waals surface area contributed by atoms with Crippen LogP contribution in [-0.4, -0.2) is 54.2 Å². The summed E-state index contributed by atoms with van der Waals surface area (Å²) >= 11 is 0. The van der Waals surface area contributed by atoms with Crippen LogP contribution in [0.15, 0.2) is 66.7 Å². The second-order valence-electron chi connectivity index (χ2n) is 8.24. The first-order valence-corrected chi connectivity index (χ1v) is 11.1. The van der Waals surface area contributed by atoms with Gasteiger partial charge in [-0.1, -0.05) is 42.5 Å². The lowest BCUT2D eigenvalue weighted by Crippen LogP contribution is -2.49. The van der Waals surface area contributed by atoms with Crippen LogP contribution < -0.4 is 10.2 Å². The number of alkyl halides is 3. The van der Waals surface area contributed by atoms with E-state index in [4.69, 9.17) is 0 Å². The molecule has 0 bridgehead atoms. The Bertz CT molecular complexity index is 1110. The first kappa shape index (κ1) is 23.7. The Morgan fingerprint density at radius 3 is 2.50 bits per heavy atom. The Hall–Kier alpha value is -3.46. The highest BCUT2D eigenvalue weighted by Gasteiger charge is 2.38. The fraction of sp³-hybridized carbons (Fsp3) is 0.320. The molecule has 0 saturated carbocycles. The predicted octanol–water partition coefficient (Wildman–Crippen LogP) is 3.96. The van der Waals surface area contributed by atoms with Gasteiger partial charge in [-0.15, -0.1) is 5.10 Å². The average Bonchev–Trinajstić information content (AvgIpc) is 2.87. The number of rotatable bonds is 6. The van der Waals surface area contributed by atoms with Crippen molar-refractivity contribution in [2.45, 2.75) is 18.6 Å². The summed E-state index contributed by atoms with van der Waals surface area (Å²) in [4.78, 5) is 16.6. The van der Waals surface area contributed by atoms with Gasteiger partial charge in [0.1, 0.15) is 0 Å². The van der Waals surface area contributed by atoms with Crippen molar-refractivity contribution < 1.29 is 18.0 Å². The number of hydrogen-bond acceptors (Lipinski definition) is 5. The standard InChI is InChI=1S/C25H26F3N5O/c1-32(15-13-18-7-3-2-4-8-18)23-12-11-21(30-31-23)22-17-29-14-16-33(22)24(34)19-9-5-6-10-20(19)25(26,27)28/h2-12,22,29H,13-17H2,1H3. The summed E-state index contributed by atoms with van der Waals surface area (Å²) in [5.41, 5.74) is 0.469. The van der Waals surface area contributed by atoms with E-state index in [2.05, 4.69) is 27.6 Å². The number of carbonyl (C=O) groups is 1. The molecule has 9 heteroatoms. The van der Waals surface area contributed by atoms with Gasteiger partial charge in [0.05, 0.1) is 22.9 Å². The number of likely N-dealkylation sites (N-methyl/N-ethyl adjacent to an activating group) is 1. The summed E-state index contributed by atoms with van der Waals surface area (Å²) in [5.74, 6) is 0.0222. The number of benzene rings is 2. The molecule has 1 aromatic heterocycles. The molecule has 2 heterocycles. The van der Waals surface area contributed by atoms with Crippen LogP contribution in [0.4, 0.5) is 19.0 Å². The van der Waals surface area contributed by atoms with Crippen molar-refractivity contribution in [3.63, 3.8) is 0 Å². The van der Waals surface area contributed by atoms with Crippen molar-refractivity contribution in [1.29, 1.82) is 0 Å². The van der Waals surface area contributed by atoms with E-state index in [0.717, 1.165) is 19.0 Å². The molecular weight excluding hydrogens is 443 g/mol. The maximum Gasteiger partial charge on any atom is 0.417 e. The minimum absolute atomic E-state index is 0.274. The first-order chi connectivity index (χ1) is 16.3. The zero-order chi connectivity index (χ0) is 24.1. The van der Waals surface area contributed by atoms with E-state index in [1.807, 2.05) is 36.2 Å². The first-order valence-electron chi connectivity index (χ1n) is 11.1. The van der Waals surface area contributed by atoms with Crippen LogP contribution in [0.2, 0.25) is 0 Å². The van der Waals surface area contributed by atoms with Gasteiger partial charge < -0.3 is 15.1 Å². The normalized spacial score (nSPS) is 16.4. The number of nitrogens with zero attached hydrogens (tertiary/aromatic N) is 4. The van der Waals surface area contributed by atoms with Gasteiger partial charge in [-0.2, -0.15) is 18.3 Å². The minimum Gasteiger partial charge on any atom is -0.358 e. The van der Waals surface area contributed by atoms with Gasteiger partial charge in [-0.3, -0.25) is 4.79 Å². The zero-order valence-corrected chi connectivity index (χ0v) is 18.8. The summed E-state index contributed by atoms with van der Waals surface area (Å²) in [5, 5.41) is 11.8. The highest BCUT2D eigenvalue weighted by molar-refractivity contribution is 5.96. The number of halogens is 3. The van der Waals surface area contributed by atoms with Gasteiger partial charge in [0.15, 0.2) is 5.82 Å². The summed E-state index contributed by atoms with van der Waals surface area (Å²) < 4.78 is 40.4. The number of piperazine rings is 1. The van der Waals surface area contributed by atoms with Crippen LogP contribution in [-0.2, 0) is 12.6 Å². The third-order valence-corrected chi connectivity index (χ3v) is 5.95. The lowest BCUT2D eigenvalue weighted by molar-refractivity contribution is -0.138. The average molecular weight is 470 g/mol. The maximum absolute atomic E-state index is 13.5. The fourth-order valence-electron chi connectivity index (χ4n) is 4.06. The van der Waals surface area contributed by atoms with Crippen LogP contribution in [0.1, 0.15) is 33.2 Å². The molecule has 1 saturated heterocycles. The van der Waals surface area contributed by atoms with Crippen LogP contribution in [0.5, 0.6) is 0 Å². The Labute approximate surface area is 196 Å². The molecule has 1 N–H and O–H groups in total. The summed E-state index contributed by atoms with van der Waals surface area (Å²) in [6, 6.07) is 18.1.